The zero-order valence-electron chi connectivity index (χ0n) is 11.0. The van der Waals surface area contributed by atoms with Crippen LogP contribution in [0.25, 0.3) is 0 Å². The average molecular weight is 271 g/mol. The summed E-state index contributed by atoms with van der Waals surface area (Å²) in [6.45, 7) is 5.36. The lowest BCUT2D eigenvalue weighted by atomic mass is 9.96. The van der Waals surface area contributed by atoms with E-state index in [0.29, 0.717) is 25.4 Å². The van der Waals surface area contributed by atoms with Gasteiger partial charge < -0.3 is 4.98 Å². The Bertz CT molecular complexity index is 487. The van der Waals surface area contributed by atoms with E-state index < -0.39 is 10.0 Å². The van der Waals surface area contributed by atoms with E-state index in [1.165, 1.54) is 6.20 Å². The quantitative estimate of drug-likeness (QED) is 0.907. The van der Waals surface area contributed by atoms with Gasteiger partial charge in [0.05, 0.1) is 6.20 Å². The molecule has 1 aliphatic rings. The number of aromatic amines is 1. The molecule has 0 radical (unpaired) electrons. The summed E-state index contributed by atoms with van der Waals surface area (Å²) in [6.07, 6.45) is 5.21. The fraction of sp³-hybridized carbons (Fsp3) is 0.750. The molecule has 0 aliphatic carbocycles. The van der Waals surface area contributed by atoms with Crippen molar-refractivity contribution in [3.05, 3.63) is 12.0 Å². The molecule has 1 fully saturated rings. The van der Waals surface area contributed by atoms with Crippen LogP contribution in [0, 0.1) is 5.92 Å². The van der Waals surface area contributed by atoms with Crippen molar-refractivity contribution in [1.29, 1.82) is 0 Å². The van der Waals surface area contributed by atoms with Gasteiger partial charge in [-0.1, -0.05) is 20.3 Å². The highest BCUT2D eigenvalue weighted by molar-refractivity contribution is 7.89. The molecule has 0 aromatic carbocycles. The van der Waals surface area contributed by atoms with Gasteiger partial charge in [-0.25, -0.2) is 13.4 Å². The van der Waals surface area contributed by atoms with Gasteiger partial charge in [-0.3, -0.25) is 0 Å². The van der Waals surface area contributed by atoms with Crippen LogP contribution in [0.2, 0.25) is 0 Å². The van der Waals surface area contributed by atoms with Crippen molar-refractivity contribution in [2.75, 3.05) is 13.1 Å². The lowest BCUT2D eigenvalue weighted by Crippen LogP contribution is -2.38. The summed E-state index contributed by atoms with van der Waals surface area (Å²) in [5.74, 6) is 1.39. The first-order chi connectivity index (χ1) is 8.57. The summed E-state index contributed by atoms with van der Waals surface area (Å²) in [6, 6.07) is 0. The molecule has 0 unspecified atom stereocenters. The maximum absolute atomic E-state index is 12.4. The third kappa shape index (κ3) is 2.59. The van der Waals surface area contributed by atoms with Crippen LogP contribution in [0.3, 0.4) is 0 Å². The predicted molar refractivity (Wildman–Crippen MR) is 69.7 cm³/mol. The second-order valence-electron chi connectivity index (χ2n) is 4.80. The number of nitrogens with one attached hydrogen (secondary N) is 1. The molecule has 6 heteroatoms. The molecular weight excluding hydrogens is 250 g/mol. The second kappa shape index (κ2) is 5.40. The third-order valence-corrected chi connectivity index (χ3v) is 5.52. The first-order valence-electron chi connectivity index (χ1n) is 6.62. The van der Waals surface area contributed by atoms with Crippen molar-refractivity contribution in [2.24, 2.45) is 5.92 Å². The zero-order chi connectivity index (χ0) is 13.2. The van der Waals surface area contributed by atoms with Crippen LogP contribution >= 0.6 is 0 Å². The van der Waals surface area contributed by atoms with Crippen molar-refractivity contribution < 1.29 is 8.42 Å². The van der Waals surface area contributed by atoms with Crippen molar-refractivity contribution in [1.82, 2.24) is 14.3 Å². The van der Waals surface area contributed by atoms with E-state index in [1.807, 2.05) is 6.92 Å². The molecule has 0 bridgehead atoms. The molecule has 0 amide bonds. The molecule has 2 heterocycles. The predicted octanol–water partition coefficient (Wildman–Crippen LogP) is 1.78. The molecule has 1 aliphatic heterocycles. The summed E-state index contributed by atoms with van der Waals surface area (Å²) in [7, 11) is -3.37. The summed E-state index contributed by atoms with van der Waals surface area (Å²) >= 11 is 0. The molecule has 102 valence electrons. The Balaban J connectivity index is 2.12. The van der Waals surface area contributed by atoms with Crippen LogP contribution in [0.15, 0.2) is 11.2 Å². The van der Waals surface area contributed by atoms with Gasteiger partial charge in [0, 0.05) is 19.5 Å². The minimum absolute atomic E-state index is 0.231. The van der Waals surface area contributed by atoms with Crippen LogP contribution in [-0.2, 0) is 16.4 Å². The van der Waals surface area contributed by atoms with E-state index in [4.69, 9.17) is 0 Å². The maximum Gasteiger partial charge on any atom is 0.260 e. The number of hydrogen-bond acceptors (Lipinski definition) is 3. The van der Waals surface area contributed by atoms with E-state index in [9.17, 15) is 8.42 Å². The highest BCUT2D eigenvalue weighted by Crippen LogP contribution is 2.24. The smallest absolute Gasteiger partial charge is 0.260 e. The zero-order valence-corrected chi connectivity index (χ0v) is 11.8. The average Bonchev–Trinajstić information content (AvgIpc) is 2.88. The molecule has 1 aromatic heterocycles. The monoisotopic (exact) mass is 271 g/mol. The van der Waals surface area contributed by atoms with Crippen LogP contribution in [-0.4, -0.2) is 35.8 Å². The van der Waals surface area contributed by atoms with Crippen molar-refractivity contribution >= 4 is 10.0 Å². The molecule has 5 nitrogen and oxygen atoms in total. The number of H-pyrrole nitrogens is 1. The van der Waals surface area contributed by atoms with Gasteiger partial charge in [-0.15, -0.1) is 0 Å². The Morgan fingerprint density at radius 1 is 1.39 bits per heavy atom. The minimum Gasteiger partial charge on any atom is -0.332 e. The number of imidazole rings is 1. The standard InChI is InChI=1S/C12H21N3O2S/c1-3-10-5-7-15(8-6-10)18(16,17)12-9-13-11(4-2)14-12/h9-10H,3-8H2,1-2H3,(H,13,14). The number of aromatic nitrogens is 2. The Labute approximate surface area is 109 Å². The minimum atomic E-state index is -3.37. The number of nitrogens with zero attached hydrogens (tertiary/aromatic N) is 2. The lowest BCUT2D eigenvalue weighted by molar-refractivity contribution is 0.268. The SMILES string of the molecule is CCc1ncc(S(=O)(=O)N2CCC(CC)CC2)[nH]1. The first-order valence-corrected chi connectivity index (χ1v) is 8.06. The van der Waals surface area contributed by atoms with Gasteiger partial charge in [0.1, 0.15) is 5.82 Å². The molecular formula is C12H21N3O2S. The van der Waals surface area contributed by atoms with Gasteiger partial charge in [-0.2, -0.15) is 4.31 Å². The lowest BCUT2D eigenvalue weighted by Gasteiger charge is -2.30. The largest absolute Gasteiger partial charge is 0.332 e. The van der Waals surface area contributed by atoms with Gasteiger partial charge >= 0.3 is 0 Å². The van der Waals surface area contributed by atoms with Gasteiger partial charge in [-0.05, 0) is 18.8 Å². The van der Waals surface area contributed by atoms with Gasteiger partial charge in [0.2, 0.25) is 0 Å². The topological polar surface area (TPSA) is 66.1 Å². The Morgan fingerprint density at radius 3 is 2.56 bits per heavy atom. The Hall–Kier alpha value is -0.880. The van der Waals surface area contributed by atoms with Crippen LogP contribution in [0.1, 0.15) is 38.9 Å². The van der Waals surface area contributed by atoms with Crippen LogP contribution in [0.4, 0.5) is 0 Å². The molecule has 18 heavy (non-hydrogen) atoms. The van der Waals surface area contributed by atoms with E-state index in [0.717, 1.165) is 25.1 Å². The normalized spacial score (nSPS) is 19.2. The number of piperidine rings is 1. The van der Waals surface area contributed by atoms with Crippen molar-refractivity contribution in [3.63, 3.8) is 0 Å². The molecule has 2 rings (SSSR count). The number of sulfonamides is 1. The molecule has 1 aromatic rings. The Morgan fingerprint density at radius 2 is 2.06 bits per heavy atom. The van der Waals surface area contributed by atoms with Gasteiger partial charge in [0.25, 0.3) is 10.0 Å². The first kappa shape index (κ1) is 13.5. The number of rotatable bonds is 4. The summed E-state index contributed by atoms with van der Waals surface area (Å²) < 4.78 is 26.3. The van der Waals surface area contributed by atoms with E-state index in [1.54, 1.807) is 4.31 Å². The van der Waals surface area contributed by atoms with Crippen LogP contribution in [0.5, 0.6) is 0 Å². The summed E-state index contributed by atoms with van der Waals surface area (Å²) in [5.41, 5.74) is 0. The second-order valence-corrected chi connectivity index (χ2v) is 6.71. The fourth-order valence-electron chi connectivity index (χ4n) is 2.35. The third-order valence-electron chi connectivity index (χ3n) is 3.71. The van der Waals surface area contributed by atoms with Crippen molar-refractivity contribution in [2.45, 2.75) is 44.6 Å². The summed E-state index contributed by atoms with van der Waals surface area (Å²) in [5, 5.41) is 0.231. The highest BCUT2D eigenvalue weighted by Gasteiger charge is 2.30. The maximum atomic E-state index is 12.4. The molecule has 1 saturated heterocycles. The van der Waals surface area contributed by atoms with E-state index in [-0.39, 0.29) is 5.03 Å². The molecule has 1 N–H and O–H groups in total. The van der Waals surface area contributed by atoms with E-state index >= 15 is 0 Å². The van der Waals surface area contributed by atoms with Crippen LogP contribution < -0.4 is 0 Å². The highest BCUT2D eigenvalue weighted by atomic mass is 32.2. The number of aryl methyl sites for hydroxylation is 1. The number of hydrogen-bond donors (Lipinski definition) is 1. The fourth-order valence-corrected chi connectivity index (χ4v) is 3.75. The van der Waals surface area contributed by atoms with Crippen molar-refractivity contribution in [3.8, 4) is 0 Å². The molecule has 0 saturated carbocycles. The molecule has 0 atom stereocenters. The van der Waals surface area contributed by atoms with E-state index in [2.05, 4.69) is 16.9 Å². The summed E-state index contributed by atoms with van der Waals surface area (Å²) in [4.78, 5) is 6.95. The Kier molecular flexibility index (Phi) is 4.07. The molecule has 0 spiro atoms. The van der Waals surface area contributed by atoms with Gasteiger partial charge in [0.15, 0.2) is 5.03 Å².